The number of pyridine rings is 1. The van der Waals surface area contributed by atoms with Gasteiger partial charge >= 0.3 is 0 Å². The minimum Gasteiger partial charge on any atom is -0.316 e. The standard InChI is InChI=1S/C19H18ClN3S2.C2H6/c1-19(2)10-14-15(11-19)25-18(21-14)23-17-9-13(8-16(20)22-17)24-12-6-4-3-5-7-12;1-2/h3-9H,10-11H2,1-2H3,(H,21,22,23);1-2H3. The molecule has 2 aromatic heterocycles. The molecule has 0 radical (unpaired) electrons. The van der Waals surface area contributed by atoms with Gasteiger partial charge in [-0.15, -0.1) is 11.3 Å². The van der Waals surface area contributed by atoms with Crippen LogP contribution in [0.3, 0.4) is 0 Å². The van der Waals surface area contributed by atoms with Crippen molar-refractivity contribution in [2.24, 2.45) is 5.41 Å². The average Bonchev–Trinajstić information content (AvgIpc) is 3.09. The summed E-state index contributed by atoms with van der Waals surface area (Å²) in [6.45, 7) is 8.58. The number of thiazole rings is 1. The Kier molecular flexibility index (Phi) is 6.45. The second-order valence-electron chi connectivity index (χ2n) is 6.96. The van der Waals surface area contributed by atoms with E-state index in [-0.39, 0.29) is 0 Å². The Morgan fingerprint density at radius 3 is 2.48 bits per heavy atom. The summed E-state index contributed by atoms with van der Waals surface area (Å²) in [6, 6.07) is 14.1. The quantitative estimate of drug-likeness (QED) is 0.454. The van der Waals surface area contributed by atoms with Crippen LogP contribution in [0.4, 0.5) is 10.9 Å². The van der Waals surface area contributed by atoms with Gasteiger partial charge in [0.25, 0.3) is 0 Å². The van der Waals surface area contributed by atoms with Crippen molar-refractivity contribution in [2.75, 3.05) is 5.32 Å². The third-order valence-electron chi connectivity index (χ3n) is 4.04. The highest BCUT2D eigenvalue weighted by atomic mass is 35.5. The molecule has 1 aliphatic rings. The van der Waals surface area contributed by atoms with Crippen molar-refractivity contribution < 1.29 is 0 Å². The van der Waals surface area contributed by atoms with Gasteiger partial charge in [0.2, 0.25) is 0 Å². The van der Waals surface area contributed by atoms with Crippen LogP contribution in [-0.2, 0) is 12.8 Å². The third kappa shape index (κ3) is 5.24. The van der Waals surface area contributed by atoms with E-state index in [0.717, 1.165) is 28.7 Å². The van der Waals surface area contributed by atoms with Crippen LogP contribution in [0.5, 0.6) is 0 Å². The van der Waals surface area contributed by atoms with Gasteiger partial charge in [-0.05, 0) is 42.5 Å². The Hall–Kier alpha value is -1.56. The van der Waals surface area contributed by atoms with Crippen LogP contribution in [0.25, 0.3) is 0 Å². The van der Waals surface area contributed by atoms with E-state index < -0.39 is 0 Å². The van der Waals surface area contributed by atoms with E-state index in [1.54, 1.807) is 23.1 Å². The molecule has 0 bridgehead atoms. The minimum atomic E-state index is 0.334. The van der Waals surface area contributed by atoms with Gasteiger partial charge in [-0.1, -0.05) is 69.3 Å². The number of fused-ring (bicyclic) bond motifs is 1. The van der Waals surface area contributed by atoms with Crippen LogP contribution in [0.15, 0.2) is 52.3 Å². The molecule has 6 heteroatoms. The number of benzene rings is 1. The first-order valence-corrected chi connectivity index (χ1v) is 11.1. The number of rotatable bonds is 4. The average molecular weight is 418 g/mol. The second kappa shape index (κ2) is 8.63. The molecule has 142 valence electrons. The zero-order chi connectivity index (χ0) is 19.4. The maximum absolute atomic E-state index is 6.21. The highest BCUT2D eigenvalue weighted by molar-refractivity contribution is 7.99. The van der Waals surface area contributed by atoms with E-state index in [1.165, 1.54) is 15.5 Å². The first-order chi connectivity index (χ1) is 13.0. The second-order valence-corrected chi connectivity index (χ2v) is 9.58. The van der Waals surface area contributed by atoms with Gasteiger partial charge in [0, 0.05) is 14.7 Å². The Morgan fingerprint density at radius 2 is 1.78 bits per heavy atom. The number of hydrogen-bond acceptors (Lipinski definition) is 5. The molecule has 0 saturated carbocycles. The van der Waals surface area contributed by atoms with Gasteiger partial charge < -0.3 is 5.32 Å². The SMILES string of the molecule is CC.CC1(C)Cc2nc(Nc3cc(Sc4ccccc4)cc(Cl)n3)sc2C1. The van der Waals surface area contributed by atoms with Gasteiger partial charge in [-0.2, -0.15) is 0 Å². The molecule has 4 rings (SSSR count). The van der Waals surface area contributed by atoms with Crippen molar-refractivity contribution in [1.29, 1.82) is 0 Å². The van der Waals surface area contributed by atoms with Crippen molar-refractivity contribution in [3.8, 4) is 0 Å². The molecule has 0 fully saturated rings. The van der Waals surface area contributed by atoms with Gasteiger partial charge in [-0.3, -0.25) is 0 Å². The molecule has 1 N–H and O–H groups in total. The maximum atomic E-state index is 6.21. The monoisotopic (exact) mass is 417 g/mol. The molecule has 0 unspecified atom stereocenters. The molecule has 1 aliphatic carbocycles. The van der Waals surface area contributed by atoms with Crippen molar-refractivity contribution in [3.05, 3.63) is 58.2 Å². The highest BCUT2D eigenvalue weighted by Gasteiger charge is 2.31. The van der Waals surface area contributed by atoms with Gasteiger partial charge in [0.05, 0.1) is 5.69 Å². The predicted octanol–water partition coefficient (Wildman–Crippen LogP) is 7.24. The zero-order valence-electron chi connectivity index (χ0n) is 16.0. The van der Waals surface area contributed by atoms with Crippen LogP contribution < -0.4 is 5.32 Å². The Labute approximate surface area is 174 Å². The number of nitrogens with one attached hydrogen (secondary N) is 1. The lowest BCUT2D eigenvalue weighted by Gasteiger charge is -2.15. The number of anilines is 2. The summed E-state index contributed by atoms with van der Waals surface area (Å²) in [5.41, 5.74) is 1.55. The fourth-order valence-corrected chi connectivity index (χ4v) is 5.42. The molecule has 0 aliphatic heterocycles. The van der Waals surface area contributed by atoms with E-state index in [1.807, 2.05) is 44.2 Å². The normalized spacial score (nSPS) is 14.3. The van der Waals surface area contributed by atoms with Crippen LogP contribution in [0.2, 0.25) is 5.15 Å². The molecule has 0 amide bonds. The maximum Gasteiger partial charge on any atom is 0.188 e. The summed E-state index contributed by atoms with van der Waals surface area (Å²) in [7, 11) is 0. The third-order valence-corrected chi connectivity index (χ3v) is 6.23. The molecular formula is C21H24ClN3S2. The molecule has 1 aromatic carbocycles. The summed E-state index contributed by atoms with van der Waals surface area (Å²) >= 11 is 9.60. The fourth-order valence-electron chi connectivity index (χ4n) is 2.99. The number of halogens is 1. The van der Waals surface area contributed by atoms with Gasteiger partial charge in [-0.25, -0.2) is 9.97 Å². The lowest BCUT2D eigenvalue weighted by atomic mass is 9.91. The number of nitrogens with zero attached hydrogens (tertiary/aromatic N) is 2. The van der Waals surface area contributed by atoms with E-state index in [4.69, 9.17) is 16.6 Å². The molecular weight excluding hydrogens is 394 g/mol. The smallest absolute Gasteiger partial charge is 0.188 e. The summed E-state index contributed by atoms with van der Waals surface area (Å²) in [4.78, 5) is 12.7. The van der Waals surface area contributed by atoms with Crippen molar-refractivity contribution in [2.45, 2.75) is 50.3 Å². The van der Waals surface area contributed by atoms with Crippen molar-refractivity contribution >= 4 is 45.6 Å². The van der Waals surface area contributed by atoms with Gasteiger partial charge in [0.15, 0.2) is 5.13 Å². The van der Waals surface area contributed by atoms with E-state index >= 15 is 0 Å². The molecule has 2 heterocycles. The molecule has 3 nitrogen and oxygen atoms in total. The highest BCUT2D eigenvalue weighted by Crippen LogP contribution is 2.41. The van der Waals surface area contributed by atoms with Gasteiger partial charge in [0.1, 0.15) is 11.0 Å². The van der Waals surface area contributed by atoms with Crippen LogP contribution >= 0.6 is 34.7 Å². The van der Waals surface area contributed by atoms with Crippen LogP contribution in [-0.4, -0.2) is 9.97 Å². The first-order valence-electron chi connectivity index (χ1n) is 9.13. The van der Waals surface area contributed by atoms with Crippen molar-refractivity contribution in [3.63, 3.8) is 0 Å². The largest absolute Gasteiger partial charge is 0.316 e. The molecule has 0 spiro atoms. The molecule has 0 saturated heterocycles. The summed E-state index contributed by atoms with van der Waals surface area (Å²) < 4.78 is 0. The van der Waals surface area contributed by atoms with Crippen LogP contribution in [0, 0.1) is 5.41 Å². The van der Waals surface area contributed by atoms with E-state index in [0.29, 0.717) is 10.6 Å². The summed E-state index contributed by atoms with van der Waals surface area (Å²) in [6.07, 6.45) is 2.14. The zero-order valence-corrected chi connectivity index (χ0v) is 18.4. The first kappa shape index (κ1) is 20.2. The summed E-state index contributed by atoms with van der Waals surface area (Å²) in [5, 5.41) is 4.70. The van der Waals surface area contributed by atoms with Crippen molar-refractivity contribution in [1.82, 2.24) is 9.97 Å². The molecule has 0 atom stereocenters. The molecule has 27 heavy (non-hydrogen) atoms. The number of aromatic nitrogens is 2. The predicted molar refractivity (Wildman–Crippen MR) is 118 cm³/mol. The van der Waals surface area contributed by atoms with Crippen LogP contribution in [0.1, 0.15) is 38.3 Å². The number of hydrogen-bond donors (Lipinski definition) is 1. The minimum absolute atomic E-state index is 0.334. The lowest BCUT2D eigenvalue weighted by Crippen LogP contribution is -2.10. The van der Waals surface area contributed by atoms with E-state index in [2.05, 4.69) is 36.3 Å². The topological polar surface area (TPSA) is 37.8 Å². The fraction of sp³-hybridized carbons (Fsp3) is 0.333. The Bertz CT molecular complexity index is 882. The lowest BCUT2D eigenvalue weighted by molar-refractivity contribution is 0.391. The summed E-state index contributed by atoms with van der Waals surface area (Å²) in [5.74, 6) is 0.734. The van der Waals surface area contributed by atoms with E-state index in [9.17, 15) is 0 Å². The molecule has 3 aromatic rings. The Balaban J connectivity index is 0.00000102. The Morgan fingerprint density at radius 1 is 1.04 bits per heavy atom.